The summed E-state index contributed by atoms with van der Waals surface area (Å²) >= 11 is 0. The molecule has 5 nitrogen and oxygen atoms in total. The topological polar surface area (TPSA) is 74.3 Å². The van der Waals surface area contributed by atoms with E-state index in [1.54, 1.807) is 12.1 Å². The summed E-state index contributed by atoms with van der Waals surface area (Å²) in [6.07, 6.45) is 5.14. The molecule has 0 aliphatic carbocycles. The Kier molecular flexibility index (Phi) is 7.22. The van der Waals surface area contributed by atoms with Crippen molar-refractivity contribution >= 4 is 11.9 Å². The maximum Gasteiger partial charge on any atom is 0.337 e. The highest BCUT2D eigenvalue weighted by atomic mass is 16.5. The van der Waals surface area contributed by atoms with Crippen molar-refractivity contribution in [3.05, 3.63) is 46.8 Å². The average Bonchev–Trinajstić information content (AvgIpc) is 2.95. The number of esters is 1. The van der Waals surface area contributed by atoms with Crippen LogP contribution in [0.1, 0.15) is 71.6 Å². The quantitative estimate of drug-likeness (QED) is 0.661. The lowest BCUT2D eigenvalue weighted by Crippen LogP contribution is -2.13. The average molecular weight is 370 g/mol. The zero-order chi connectivity index (χ0) is 20.0. The van der Waals surface area contributed by atoms with Crippen molar-refractivity contribution < 1.29 is 14.3 Å². The van der Waals surface area contributed by atoms with E-state index >= 15 is 0 Å². The van der Waals surface area contributed by atoms with Crippen molar-refractivity contribution in [2.24, 2.45) is 5.73 Å². The Bertz CT molecular complexity index is 804. The second kappa shape index (κ2) is 9.40. The van der Waals surface area contributed by atoms with Crippen LogP contribution in [0.3, 0.4) is 0 Å². The van der Waals surface area contributed by atoms with Gasteiger partial charge < -0.3 is 15.0 Å². The summed E-state index contributed by atoms with van der Waals surface area (Å²) < 4.78 is 7.02. The summed E-state index contributed by atoms with van der Waals surface area (Å²) in [5.41, 5.74) is 10.7. The second-order valence-electron chi connectivity index (χ2n) is 6.82. The van der Waals surface area contributed by atoms with E-state index in [0.29, 0.717) is 11.1 Å². The van der Waals surface area contributed by atoms with Crippen LogP contribution in [0.2, 0.25) is 0 Å². The lowest BCUT2D eigenvalue weighted by atomic mass is 9.96. The monoisotopic (exact) mass is 370 g/mol. The first-order chi connectivity index (χ1) is 13.0. The van der Waals surface area contributed by atoms with Crippen molar-refractivity contribution in [2.75, 3.05) is 7.11 Å². The molecular weight excluding hydrogens is 340 g/mol. The number of unbranched alkanes of at least 4 members (excludes halogenated alkanes) is 2. The number of carbonyl (C=O) groups excluding carboxylic acids is 2. The molecular formula is C22H30N2O3. The molecule has 2 rings (SSSR count). The van der Waals surface area contributed by atoms with Crippen LogP contribution in [-0.2, 0) is 17.7 Å². The van der Waals surface area contributed by atoms with E-state index in [9.17, 15) is 9.59 Å². The van der Waals surface area contributed by atoms with Crippen LogP contribution >= 0.6 is 0 Å². The van der Waals surface area contributed by atoms with Gasteiger partial charge >= 0.3 is 5.97 Å². The summed E-state index contributed by atoms with van der Waals surface area (Å²) in [5.74, 6) is -0.785. The minimum absolute atomic E-state index is 0.375. The third-order valence-corrected chi connectivity index (χ3v) is 4.97. The van der Waals surface area contributed by atoms with Crippen LogP contribution in [0.15, 0.2) is 24.3 Å². The Balaban J connectivity index is 2.64. The van der Waals surface area contributed by atoms with Crippen LogP contribution in [0.4, 0.5) is 0 Å². The van der Waals surface area contributed by atoms with E-state index < -0.39 is 5.91 Å². The van der Waals surface area contributed by atoms with Crippen LogP contribution in [0, 0.1) is 6.92 Å². The van der Waals surface area contributed by atoms with Gasteiger partial charge in [0.15, 0.2) is 0 Å². The van der Waals surface area contributed by atoms with Crippen LogP contribution < -0.4 is 5.73 Å². The molecule has 0 radical (unpaired) electrons. The fraction of sp³-hybridized carbons (Fsp3) is 0.455. The highest BCUT2D eigenvalue weighted by Gasteiger charge is 2.24. The molecule has 0 bridgehead atoms. The van der Waals surface area contributed by atoms with Crippen LogP contribution in [-0.4, -0.2) is 23.6 Å². The molecule has 0 fully saturated rings. The number of hydrogen-bond donors (Lipinski definition) is 1. The van der Waals surface area contributed by atoms with Gasteiger partial charge in [0.05, 0.1) is 18.2 Å². The number of benzene rings is 1. The minimum atomic E-state index is -0.410. The fourth-order valence-corrected chi connectivity index (χ4v) is 3.52. The normalized spacial score (nSPS) is 10.8. The van der Waals surface area contributed by atoms with Gasteiger partial charge in [-0.15, -0.1) is 0 Å². The predicted molar refractivity (Wildman–Crippen MR) is 108 cm³/mol. The molecule has 27 heavy (non-hydrogen) atoms. The summed E-state index contributed by atoms with van der Waals surface area (Å²) in [6.45, 7) is 7.16. The van der Waals surface area contributed by atoms with Gasteiger partial charge in [0.1, 0.15) is 0 Å². The summed E-state index contributed by atoms with van der Waals surface area (Å²) in [4.78, 5) is 24.0. The summed E-state index contributed by atoms with van der Waals surface area (Å²) in [6, 6.07) is 7.20. The number of amides is 1. The molecule has 2 aromatic rings. The molecule has 0 aliphatic rings. The van der Waals surface area contributed by atoms with Gasteiger partial charge in [-0.2, -0.15) is 0 Å². The first kappa shape index (κ1) is 20.7. The molecule has 0 spiro atoms. The van der Waals surface area contributed by atoms with E-state index in [1.165, 1.54) is 7.11 Å². The smallest absolute Gasteiger partial charge is 0.337 e. The molecule has 0 saturated carbocycles. The predicted octanol–water partition coefficient (Wildman–Crippen LogP) is 4.49. The molecule has 0 aliphatic heterocycles. The van der Waals surface area contributed by atoms with Crippen molar-refractivity contribution in [2.45, 2.75) is 59.4 Å². The van der Waals surface area contributed by atoms with E-state index in [1.807, 2.05) is 19.1 Å². The molecule has 0 unspecified atom stereocenters. The van der Waals surface area contributed by atoms with Crippen molar-refractivity contribution in [1.82, 2.24) is 4.57 Å². The van der Waals surface area contributed by atoms with Gasteiger partial charge in [0, 0.05) is 23.5 Å². The lowest BCUT2D eigenvalue weighted by molar-refractivity contribution is 0.0600. The highest BCUT2D eigenvalue weighted by Crippen LogP contribution is 2.34. The zero-order valence-corrected chi connectivity index (χ0v) is 16.8. The van der Waals surface area contributed by atoms with Crippen molar-refractivity contribution in [3.63, 3.8) is 0 Å². The van der Waals surface area contributed by atoms with E-state index in [-0.39, 0.29) is 5.97 Å². The zero-order valence-electron chi connectivity index (χ0n) is 16.8. The third-order valence-electron chi connectivity index (χ3n) is 4.97. The SMILES string of the molecule is CCCCc1c(-c2ccc(C(=O)OC)cc2)c(C(N)=O)c(C)n1CCCC. The Morgan fingerprint density at radius 2 is 1.70 bits per heavy atom. The minimum Gasteiger partial charge on any atom is -0.465 e. The van der Waals surface area contributed by atoms with Crippen LogP contribution in [0.5, 0.6) is 0 Å². The highest BCUT2D eigenvalue weighted by molar-refractivity contribution is 6.02. The van der Waals surface area contributed by atoms with Crippen LogP contribution in [0.25, 0.3) is 11.1 Å². The Labute approximate surface area is 161 Å². The first-order valence-corrected chi connectivity index (χ1v) is 9.66. The molecule has 1 aromatic heterocycles. The number of nitrogens with zero attached hydrogens (tertiary/aromatic N) is 1. The number of carbonyl (C=O) groups is 2. The molecule has 2 N–H and O–H groups in total. The number of methoxy groups -OCH3 is 1. The largest absolute Gasteiger partial charge is 0.465 e. The Hall–Kier alpha value is -2.56. The van der Waals surface area contributed by atoms with E-state index in [4.69, 9.17) is 10.5 Å². The molecule has 146 valence electrons. The molecule has 0 atom stereocenters. The van der Waals surface area contributed by atoms with E-state index in [2.05, 4.69) is 18.4 Å². The number of rotatable bonds is 9. The van der Waals surface area contributed by atoms with Gasteiger partial charge in [0.25, 0.3) is 5.91 Å². The molecule has 1 aromatic carbocycles. The van der Waals surface area contributed by atoms with Gasteiger partial charge in [0.2, 0.25) is 0 Å². The van der Waals surface area contributed by atoms with Gasteiger partial charge in [-0.1, -0.05) is 38.8 Å². The number of ether oxygens (including phenoxy) is 1. The standard InChI is InChI=1S/C22H30N2O3/c1-5-7-9-18-20(16-10-12-17(13-11-16)22(26)27-4)19(21(23)25)15(3)24(18)14-8-6-2/h10-13H,5-9,14H2,1-4H3,(H2,23,25). The molecule has 1 heterocycles. The van der Waals surface area contributed by atoms with Gasteiger partial charge in [-0.05, 0) is 43.9 Å². The Morgan fingerprint density at radius 1 is 1.07 bits per heavy atom. The van der Waals surface area contributed by atoms with E-state index in [0.717, 1.165) is 61.2 Å². The lowest BCUT2D eigenvalue weighted by Gasteiger charge is -2.13. The second-order valence-corrected chi connectivity index (χ2v) is 6.82. The number of hydrogen-bond acceptors (Lipinski definition) is 3. The maximum absolute atomic E-state index is 12.3. The van der Waals surface area contributed by atoms with Crippen molar-refractivity contribution in [1.29, 1.82) is 0 Å². The Morgan fingerprint density at radius 3 is 2.22 bits per heavy atom. The summed E-state index contributed by atoms with van der Waals surface area (Å²) in [7, 11) is 1.36. The maximum atomic E-state index is 12.3. The molecule has 1 amide bonds. The third kappa shape index (κ3) is 4.41. The number of nitrogens with two attached hydrogens (primary N) is 1. The van der Waals surface area contributed by atoms with Crippen molar-refractivity contribution in [3.8, 4) is 11.1 Å². The van der Waals surface area contributed by atoms with Gasteiger partial charge in [-0.3, -0.25) is 4.79 Å². The van der Waals surface area contributed by atoms with Gasteiger partial charge in [-0.25, -0.2) is 4.79 Å². The molecule has 5 heteroatoms. The number of primary amides is 1. The fourth-order valence-electron chi connectivity index (χ4n) is 3.52. The molecule has 0 saturated heterocycles. The summed E-state index contributed by atoms with van der Waals surface area (Å²) in [5, 5.41) is 0. The number of aromatic nitrogens is 1. The first-order valence-electron chi connectivity index (χ1n) is 9.66.